The molecule has 1 aliphatic rings. The molecule has 0 spiro atoms. The molecule has 1 aliphatic heterocycles. The van der Waals surface area contributed by atoms with Gasteiger partial charge in [-0.1, -0.05) is 0 Å². The van der Waals surface area contributed by atoms with E-state index in [4.69, 9.17) is 30.1 Å². The molecule has 0 unspecified atom stereocenters. The van der Waals surface area contributed by atoms with Crippen molar-refractivity contribution >= 4 is 17.9 Å². The first-order chi connectivity index (χ1) is 13.6. The molecule has 0 aromatic heterocycles. The molecule has 0 radical (unpaired) electrons. The number of esters is 3. The molecular weight excluding hydrogens is 462 g/mol. The Morgan fingerprint density at radius 2 is 1.57 bits per heavy atom. The molecule has 0 saturated carbocycles. The molecule has 0 aromatic rings. The molecule has 9 nitrogen and oxygen atoms in total. The smallest absolute Gasteiger partial charge is 0.303 e. The van der Waals surface area contributed by atoms with E-state index in [0.29, 0.717) is 17.6 Å². The second kappa shape index (κ2) is 13.6. The molecule has 0 N–H and O–H groups in total. The van der Waals surface area contributed by atoms with Crippen LogP contribution in [0.5, 0.6) is 0 Å². The lowest BCUT2D eigenvalue weighted by atomic mass is 10.0. The van der Waals surface area contributed by atoms with Gasteiger partial charge in [0.2, 0.25) is 0 Å². The molecule has 10 heteroatoms. The van der Waals surface area contributed by atoms with E-state index in [1.54, 1.807) is 0 Å². The van der Waals surface area contributed by atoms with Crippen LogP contribution in [0.2, 0.25) is 0 Å². The van der Waals surface area contributed by atoms with Crippen LogP contribution in [0.25, 0.3) is 0 Å². The van der Waals surface area contributed by atoms with Crippen LogP contribution in [-0.4, -0.2) is 87.4 Å². The number of ether oxygens (including phenoxy) is 5. The SMILES string of the molecule is C#CC[N+](C)(C)CCCCO[C@H]1OC[C@H](OC(C)=O)[C@H](OC(C)=O)[C@H]1OC(C)=O.[Br-]. The lowest BCUT2D eigenvalue weighted by Gasteiger charge is -2.40. The molecule has 30 heavy (non-hydrogen) atoms. The lowest BCUT2D eigenvalue weighted by Crippen LogP contribution is -3.00. The van der Waals surface area contributed by atoms with Gasteiger partial charge in [-0.2, -0.15) is 0 Å². The number of carbonyl (C=O) groups excluding carboxylic acids is 3. The first-order valence-electron chi connectivity index (χ1n) is 9.56. The van der Waals surface area contributed by atoms with Crippen LogP contribution in [0.3, 0.4) is 0 Å². The summed E-state index contributed by atoms with van der Waals surface area (Å²) in [6.07, 6.45) is 3.07. The molecule has 1 saturated heterocycles. The number of halogens is 1. The van der Waals surface area contributed by atoms with Crippen molar-refractivity contribution in [1.82, 2.24) is 0 Å². The highest BCUT2D eigenvalue weighted by Crippen LogP contribution is 2.25. The average Bonchev–Trinajstić information content (AvgIpc) is 2.57. The zero-order chi connectivity index (χ0) is 22.0. The Balaban J connectivity index is 0.00000841. The highest BCUT2D eigenvalue weighted by atomic mass is 79.9. The van der Waals surface area contributed by atoms with Gasteiger partial charge in [0, 0.05) is 20.8 Å². The monoisotopic (exact) mass is 493 g/mol. The van der Waals surface area contributed by atoms with E-state index >= 15 is 0 Å². The first-order valence-corrected chi connectivity index (χ1v) is 9.56. The number of hydrogen-bond donors (Lipinski definition) is 0. The van der Waals surface area contributed by atoms with Crippen LogP contribution in [0.4, 0.5) is 0 Å². The van der Waals surface area contributed by atoms with Gasteiger partial charge in [0.15, 0.2) is 24.6 Å². The first kappa shape index (κ1) is 28.3. The molecule has 0 aromatic carbocycles. The normalized spacial score (nSPS) is 23.5. The van der Waals surface area contributed by atoms with Gasteiger partial charge in [-0.15, -0.1) is 6.42 Å². The van der Waals surface area contributed by atoms with Crippen molar-refractivity contribution in [3.8, 4) is 12.3 Å². The fourth-order valence-corrected chi connectivity index (χ4v) is 3.02. The maximum absolute atomic E-state index is 11.6. The number of nitrogens with zero attached hydrogens (tertiary/aromatic N) is 1. The third-order valence-corrected chi connectivity index (χ3v) is 4.26. The molecule has 0 amide bonds. The molecule has 172 valence electrons. The number of carbonyl (C=O) groups is 3. The predicted molar refractivity (Wildman–Crippen MR) is 102 cm³/mol. The summed E-state index contributed by atoms with van der Waals surface area (Å²) in [4.78, 5) is 34.4. The van der Waals surface area contributed by atoms with Gasteiger partial charge >= 0.3 is 17.9 Å². The summed E-state index contributed by atoms with van der Waals surface area (Å²) in [6.45, 7) is 5.50. The van der Waals surface area contributed by atoms with Crippen molar-refractivity contribution in [2.75, 3.05) is 40.4 Å². The van der Waals surface area contributed by atoms with E-state index in [1.807, 2.05) is 0 Å². The molecule has 1 heterocycles. The fraction of sp³-hybridized carbons (Fsp3) is 0.750. The zero-order valence-electron chi connectivity index (χ0n) is 18.2. The summed E-state index contributed by atoms with van der Waals surface area (Å²) in [5.41, 5.74) is 0. The van der Waals surface area contributed by atoms with Crippen LogP contribution in [0, 0.1) is 12.3 Å². The van der Waals surface area contributed by atoms with E-state index in [-0.39, 0.29) is 23.6 Å². The number of hydrogen-bond acceptors (Lipinski definition) is 8. The summed E-state index contributed by atoms with van der Waals surface area (Å²) in [5.74, 6) is 0.898. The van der Waals surface area contributed by atoms with Gasteiger partial charge < -0.3 is 45.1 Å². The Labute approximate surface area is 188 Å². The molecular formula is C20H32BrNO8. The maximum Gasteiger partial charge on any atom is 0.303 e. The number of terminal acetylenes is 1. The highest BCUT2D eigenvalue weighted by molar-refractivity contribution is 5.68. The van der Waals surface area contributed by atoms with Gasteiger partial charge in [0.25, 0.3) is 0 Å². The summed E-state index contributed by atoms with van der Waals surface area (Å²) in [5, 5.41) is 0. The topological polar surface area (TPSA) is 97.4 Å². The molecule has 0 bridgehead atoms. The van der Waals surface area contributed by atoms with Gasteiger partial charge in [-0.05, 0) is 18.8 Å². The Hall–Kier alpha value is -1.67. The van der Waals surface area contributed by atoms with Crippen molar-refractivity contribution in [2.45, 2.75) is 58.2 Å². The van der Waals surface area contributed by atoms with Crippen molar-refractivity contribution in [3.05, 3.63) is 0 Å². The molecule has 4 atom stereocenters. The minimum Gasteiger partial charge on any atom is -1.00 e. The van der Waals surface area contributed by atoms with Gasteiger partial charge in [0.1, 0.15) is 6.54 Å². The molecule has 1 fully saturated rings. The van der Waals surface area contributed by atoms with E-state index in [0.717, 1.165) is 19.4 Å². The van der Waals surface area contributed by atoms with Gasteiger partial charge in [-0.3, -0.25) is 14.4 Å². The summed E-state index contributed by atoms with van der Waals surface area (Å²) < 4.78 is 27.8. The quantitative estimate of drug-likeness (QED) is 0.110. The number of quaternary nitrogens is 1. The third kappa shape index (κ3) is 10.4. The van der Waals surface area contributed by atoms with Crippen LogP contribution in [-0.2, 0) is 38.1 Å². The number of rotatable bonds is 10. The average molecular weight is 494 g/mol. The van der Waals surface area contributed by atoms with Crippen LogP contribution in [0.15, 0.2) is 0 Å². The van der Waals surface area contributed by atoms with Gasteiger partial charge in [-0.25, -0.2) is 0 Å². The lowest BCUT2D eigenvalue weighted by molar-refractivity contribution is -0.883. The fourth-order valence-electron chi connectivity index (χ4n) is 3.02. The maximum atomic E-state index is 11.6. The number of unbranched alkanes of at least 4 members (excludes halogenated alkanes) is 1. The van der Waals surface area contributed by atoms with E-state index in [2.05, 4.69) is 20.0 Å². The van der Waals surface area contributed by atoms with E-state index in [9.17, 15) is 14.4 Å². The molecule has 1 rings (SSSR count). The Morgan fingerprint density at radius 3 is 2.10 bits per heavy atom. The Morgan fingerprint density at radius 1 is 1.00 bits per heavy atom. The summed E-state index contributed by atoms with van der Waals surface area (Å²) >= 11 is 0. The van der Waals surface area contributed by atoms with Crippen molar-refractivity contribution in [1.29, 1.82) is 0 Å². The molecule has 0 aliphatic carbocycles. The van der Waals surface area contributed by atoms with Crippen LogP contribution < -0.4 is 17.0 Å². The minimum absolute atomic E-state index is 0. The van der Waals surface area contributed by atoms with Crippen LogP contribution >= 0.6 is 0 Å². The Bertz CT molecular complexity index is 618. The van der Waals surface area contributed by atoms with Crippen molar-refractivity contribution < 1.29 is 59.5 Å². The van der Waals surface area contributed by atoms with Crippen molar-refractivity contribution in [2.24, 2.45) is 0 Å². The van der Waals surface area contributed by atoms with Gasteiger partial charge in [0.05, 0.1) is 33.9 Å². The minimum atomic E-state index is -1.05. The van der Waals surface area contributed by atoms with Crippen molar-refractivity contribution in [3.63, 3.8) is 0 Å². The zero-order valence-corrected chi connectivity index (χ0v) is 19.8. The summed E-state index contributed by atoms with van der Waals surface area (Å²) in [7, 11) is 4.11. The summed E-state index contributed by atoms with van der Waals surface area (Å²) in [6, 6.07) is 0. The van der Waals surface area contributed by atoms with E-state index in [1.165, 1.54) is 20.8 Å². The predicted octanol–water partition coefficient (Wildman–Crippen LogP) is -2.35. The van der Waals surface area contributed by atoms with Crippen LogP contribution in [0.1, 0.15) is 33.6 Å². The highest BCUT2D eigenvalue weighted by Gasteiger charge is 2.47. The second-order valence-electron chi connectivity index (χ2n) is 7.60. The second-order valence-corrected chi connectivity index (χ2v) is 7.60. The third-order valence-electron chi connectivity index (χ3n) is 4.26. The standard InChI is InChI=1S/C20H32NO8.BrH/c1-7-10-21(5,6)11-8-9-12-25-20-19(29-16(4)24)18(28-15(3)23)17(13-26-20)27-14(2)22;/h1,17-20H,8-13H2,2-6H3;1H/q+1;/p-1/t17-,18-,19+,20-;/m0./s1. The largest absolute Gasteiger partial charge is 1.00 e. The Kier molecular flexibility index (Phi) is 12.8. The van der Waals surface area contributed by atoms with E-state index < -0.39 is 42.5 Å².